The maximum atomic E-state index is 14.1. The summed E-state index contributed by atoms with van der Waals surface area (Å²) in [6.07, 6.45) is 3.96. The number of rotatable bonds is 3. The minimum Gasteiger partial charge on any atom is -0.491 e. The highest BCUT2D eigenvalue weighted by Crippen LogP contribution is 2.21. The van der Waals surface area contributed by atoms with Gasteiger partial charge in [-0.2, -0.15) is 0 Å². The van der Waals surface area contributed by atoms with Crippen LogP contribution in [0.15, 0.2) is 54.9 Å². The fourth-order valence-corrected chi connectivity index (χ4v) is 4.78. The lowest BCUT2D eigenvalue weighted by molar-refractivity contribution is -0.123. The van der Waals surface area contributed by atoms with Gasteiger partial charge in [0.15, 0.2) is 0 Å². The molecule has 1 aliphatic heterocycles. The van der Waals surface area contributed by atoms with Crippen LogP contribution in [0.1, 0.15) is 46.8 Å². The Hall–Kier alpha value is -4.94. The summed E-state index contributed by atoms with van der Waals surface area (Å²) in [5.41, 5.74) is 2.10. The predicted molar refractivity (Wildman–Crippen MR) is 155 cm³/mol. The standard InChI is InChI=1S/C30H33FN8O4/c1-19(2)15-25-29(41)32-10-12-38(30(42)26-17-33-23-5-3-4-6-24(23)34-26)11-9-21-18-39(37-36-21)13-14-43-27-8-7-20(31)16-22(27)28(40)35-25/h3-8,16-19,25H,9-15H2,1-2H3,(H,32,41)(H,35,40)/t25-/m1/s1. The molecule has 0 aliphatic carbocycles. The van der Waals surface area contributed by atoms with Crippen LogP contribution < -0.4 is 15.4 Å². The largest absolute Gasteiger partial charge is 0.491 e. The van der Waals surface area contributed by atoms with Gasteiger partial charge in [0.2, 0.25) is 5.91 Å². The van der Waals surface area contributed by atoms with Crippen LogP contribution in [0.25, 0.3) is 11.0 Å². The van der Waals surface area contributed by atoms with Crippen molar-refractivity contribution in [2.45, 2.75) is 39.3 Å². The molecule has 43 heavy (non-hydrogen) atoms. The smallest absolute Gasteiger partial charge is 0.274 e. The minimum absolute atomic E-state index is 0.0183. The molecule has 2 aromatic carbocycles. The predicted octanol–water partition coefficient (Wildman–Crippen LogP) is 2.40. The molecule has 1 aliphatic rings. The van der Waals surface area contributed by atoms with Crippen molar-refractivity contribution in [2.75, 3.05) is 26.2 Å². The van der Waals surface area contributed by atoms with Crippen LogP contribution in [0.4, 0.5) is 4.39 Å². The summed E-state index contributed by atoms with van der Waals surface area (Å²) < 4.78 is 21.6. The number of benzene rings is 2. The number of hydrogen-bond donors (Lipinski definition) is 2. The van der Waals surface area contributed by atoms with Crippen LogP contribution in [0, 0.1) is 11.7 Å². The van der Waals surface area contributed by atoms with Crippen molar-refractivity contribution in [3.05, 3.63) is 77.6 Å². The summed E-state index contributed by atoms with van der Waals surface area (Å²) >= 11 is 0. The first-order valence-corrected chi connectivity index (χ1v) is 14.2. The fourth-order valence-electron chi connectivity index (χ4n) is 4.78. The lowest BCUT2D eigenvalue weighted by Gasteiger charge is -2.24. The average Bonchev–Trinajstić information content (AvgIpc) is 3.45. The van der Waals surface area contributed by atoms with E-state index in [9.17, 15) is 18.8 Å². The molecule has 12 nitrogen and oxygen atoms in total. The highest BCUT2D eigenvalue weighted by molar-refractivity contribution is 5.99. The summed E-state index contributed by atoms with van der Waals surface area (Å²) in [5, 5.41) is 13.9. The summed E-state index contributed by atoms with van der Waals surface area (Å²) in [6, 6.07) is 10.1. The topological polar surface area (TPSA) is 144 Å². The lowest BCUT2D eigenvalue weighted by Crippen LogP contribution is -2.49. The van der Waals surface area contributed by atoms with Gasteiger partial charge in [0, 0.05) is 32.3 Å². The molecule has 0 spiro atoms. The summed E-state index contributed by atoms with van der Waals surface area (Å²) in [6.45, 7) is 4.91. The number of hydrogen-bond acceptors (Lipinski definition) is 8. The monoisotopic (exact) mass is 588 g/mol. The number of amides is 3. The third-order valence-corrected chi connectivity index (χ3v) is 6.95. The Balaban J connectivity index is 1.40. The first-order valence-electron chi connectivity index (χ1n) is 14.2. The molecule has 13 heteroatoms. The Labute approximate surface area is 247 Å². The quantitative estimate of drug-likeness (QED) is 0.371. The number of para-hydroxylation sites is 2. The second-order valence-corrected chi connectivity index (χ2v) is 10.7. The van der Waals surface area contributed by atoms with Gasteiger partial charge in [-0.1, -0.05) is 31.2 Å². The zero-order valence-corrected chi connectivity index (χ0v) is 24.0. The molecule has 4 aromatic rings. The normalized spacial score (nSPS) is 16.9. The van der Waals surface area contributed by atoms with E-state index in [2.05, 4.69) is 30.9 Å². The number of fused-ring (bicyclic) bond motifs is 4. The van der Waals surface area contributed by atoms with E-state index in [0.29, 0.717) is 42.7 Å². The molecule has 2 bridgehead atoms. The summed E-state index contributed by atoms with van der Waals surface area (Å²) in [7, 11) is 0. The Morgan fingerprint density at radius 2 is 1.93 bits per heavy atom. The second kappa shape index (κ2) is 13.4. The van der Waals surface area contributed by atoms with E-state index in [1.54, 1.807) is 21.8 Å². The lowest BCUT2D eigenvalue weighted by atomic mass is 10.0. The van der Waals surface area contributed by atoms with Crippen molar-refractivity contribution in [1.82, 2.24) is 40.5 Å². The van der Waals surface area contributed by atoms with Crippen molar-refractivity contribution in [1.29, 1.82) is 0 Å². The molecule has 1 atom stereocenters. The molecular formula is C30H33FN8O4. The van der Waals surface area contributed by atoms with E-state index in [1.165, 1.54) is 18.3 Å². The second-order valence-electron chi connectivity index (χ2n) is 10.7. The van der Waals surface area contributed by atoms with Crippen molar-refractivity contribution in [3.8, 4) is 5.75 Å². The van der Waals surface area contributed by atoms with Gasteiger partial charge in [-0.05, 0) is 42.7 Å². The molecular weight excluding hydrogens is 555 g/mol. The maximum Gasteiger partial charge on any atom is 0.274 e. The summed E-state index contributed by atoms with van der Waals surface area (Å²) in [5.74, 6) is -1.73. The molecule has 3 amide bonds. The van der Waals surface area contributed by atoms with E-state index in [-0.39, 0.29) is 48.5 Å². The Bertz CT molecular complexity index is 1620. The zero-order chi connectivity index (χ0) is 30.3. The van der Waals surface area contributed by atoms with Crippen molar-refractivity contribution in [2.24, 2.45) is 5.92 Å². The maximum absolute atomic E-state index is 14.1. The summed E-state index contributed by atoms with van der Waals surface area (Å²) in [4.78, 5) is 50.5. The molecule has 0 radical (unpaired) electrons. The Kier molecular flexibility index (Phi) is 9.18. The van der Waals surface area contributed by atoms with Gasteiger partial charge >= 0.3 is 0 Å². The minimum atomic E-state index is -0.886. The average molecular weight is 589 g/mol. The SMILES string of the molecule is CC(C)C[C@H]1NC(=O)c2cc(F)ccc2OCCn2cc(nn2)CCN(C(=O)c2cnc3ccccc3n2)CCNC1=O. The number of nitrogens with zero attached hydrogens (tertiary/aromatic N) is 6. The van der Waals surface area contributed by atoms with Crippen molar-refractivity contribution >= 4 is 28.8 Å². The highest BCUT2D eigenvalue weighted by Gasteiger charge is 2.25. The highest BCUT2D eigenvalue weighted by atomic mass is 19.1. The van der Waals surface area contributed by atoms with E-state index >= 15 is 0 Å². The fraction of sp³-hybridized carbons (Fsp3) is 0.367. The van der Waals surface area contributed by atoms with Crippen LogP contribution in [0.5, 0.6) is 5.75 Å². The van der Waals surface area contributed by atoms with Crippen molar-refractivity contribution in [3.63, 3.8) is 0 Å². The van der Waals surface area contributed by atoms with Gasteiger partial charge in [0.25, 0.3) is 11.8 Å². The third-order valence-electron chi connectivity index (χ3n) is 6.95. The van der Waals surface area contributed by atoms with Crippen LogP contribution >= 0.6 is 0 Å². The molecule has 0 unspecified atom stereocenters. The number of aromatic nitrogens is 5. The zero-order valence-electron chi connectivity index (χ0n) is 24.0. The van der Waals surface area contributed by atoms with Crippen LogP contribution in [0.2, 0.25) is 0 Å². The Morgan fingerprint density at radius 3 is 2.74 bits per heavy atom. The molecule has 5 rings (SSSR count). The van der Waals surface area contributed by atoms with Gasteiger partial charge in [0.05, 0.1) is 35.0 Å². The molecule has 0 saturated carbocycles. The van der Waals surface area contributed by atoms with Gasteiger partial charge < -0.3 is 20.3 Å². The van der Waals surface area contributed by atoms with Crippen LogP contribution in [-0.2, 0) is 17.8 Å². The van der Waals surface area contributed by atoms with Gasteiger partial charge in [0.1, 0.15) is 29.9 Å². The first-order chi connectivity index (χ1) is 20.8. The van der Waals surface area contributed by atoms with Gasteiger partial charge in [-0.15, -0.1) is 5.10 Å². The van der Waals surface area contributed by atoms with E-state index < -0.39 is 23.7 Å². The third kappa shape index (κ3) is 7.48. The van der Waals surface area contributed by atoms with E-state index in [1.807, 2.05) is 32.0 Å². The van der Waals surface area contributed by atoms with E-state index in [4.69, 9.17) is 4.74 Å². The first kappa shape index (κ1) is 29.5. The number of nitrogens with one attached hydrogen (secondary N) is 2. The number of halogens is 1. The van der Waals surface area contributed by atoms with E-state index in [0.717, 1.165) is 6.07 Å². The number of carbonyl (C=O) groups excluding carboxylic acids is 3. The van der Waals surface area contributed by atoms with Gasteiger partial charge in [-0.25, -0.2) is 14.1 Å². The molecule has 0 fully saturated rings. The number of ether oxygens (including phenoxy) is 1. The van der Waals surface area contributed by atoms with Gasteiger partial charge in [-0.3, -0.25) is 19.4 Å². The molecule has 2 N–H and O–H groups in total. The molecule has 2 aromatic heterocycles. The molecule has 224 valence electrons. The van der Waals surface area contributed by atoms with Crippen LogP contribution in [-0.4, -0.2) is 79.9 Å². The number of carbonyl (C=O) groups is 3. The van der Waals surface area contributed by atoms with Crippen LogP contribution in [0.3, 0.4) is 0 Å². The van der Waals surface area contributed by atoms with Crippen molar-refractivity contribution < 1.29 is 23.5 Å². The Morgan fingerprint density at radius 1 is 1.12 bits per heavy atom. The molecule has 3 heterocycles. The molecule has 0 saturated heterocycles.